The molecule has 0 fully saturated rings. The van der Waals surface area contributed by atoms with E-state index in [4.69, 9.17) is 9.73 Å². The summed E-state index contributed by atoms with van der Waals surface area (Å²) in [5, 5.41) is 9.50. The van der Waals surface area contributed by atoms with Crippen LogP contribution in [0.2, 0.25) is 0 Å². The highest BCUT2D eigenvalue weighted by molar-refractivity contribution is 14.0. The molecule has 0 saturated heterocycles. The summed E-state index contributed by atoms with van der Waals surface area (Å²) in [6, 6.07) is 16.2. The molecule has 0 saturated carbocycles. The minimum absolute atomic E-state index is 0. The number of nitrogens with zero attached hydrogens (tertiary/aromatic N) is 1. The highest BCUT2D eigenvalue weighted by Crippen LogP contribution is 2.31. The second kappa shape index (κ2) is 12.5. The molecule has 31 heavy (non-hydrogen) atoms. The Kier molecular flexibility index (Phi) is 10.1. The lowest BCUT2D eigenvalue weighted by Gasteiger charge is -2.24. The molecule has 1 heterocycles. The number of carbonyl (C=O) groups excluding carboxylic acids is 1. The molecule has 1 atom stereocenters. The summed E-state index contributed by atoms with van der Waals surface area (Å²) in [5.41, 5.74) is 3.34. The van der Waals surface area contributed by atoms with Gasteiger partial charge >= 0.3 is 0 Å². The first-order valence-corrected chi connectivity index (χ1v) is 10.7. The van der Waals surface area contributed by atoms with Gasteiger partial charge in [0.1, 0.15) is 12.4 Å². The first kappa shape index (κ1) is 25.0. The Morgan fingerprint density at radius 1 is 1.16 bits per heavy atom. The summed E-state index contributed by atoms with van der Waals surface area (Å²) in [6.45, 7) is 8.90. The molecule has 1 aliphatic rings. The molecule has 168 valence electrons. The molecule has 2 aromatic rings. The molecule has 1 aliphatic heterocycles. The molecular weight excluding hydrogens is 503 g/mol. The number of nitrogens with one attached hydrogen (secondary N) is 3. The zero-order chi connectivity index (χ0) is 21.3. The number of hydrogen-bond acceptors (Lipinski definition) is 3. The van der Waals surface area contributed by atoms with Gasteiger partial charge in [0, 0.05) is 24.6 Å². The van der Waals surface area contributed by atoms with Gasteiger partial charge in [-0.25, -0.2) is 0 Å². The topological polar surface area (TPSA) is 74.8 Å². The van der Waals surface area contributed by atoms with Crippen molar-refractivity contribution in [3.63, 3.8) is 0 Å². The molecule has 0 aromatic heterocycles. The van der Waals surface area contributed by atoms with E-state index in [0.717, 1.165) is 29.5 Å². The van der Waals surface area contributed by atoms with Gasteiger partial charge < -0.3 is 20.7 Å². The van der Waals surface area contributed by atoms with Gasteiger partial charge in [-0.15, -0.1) is 24.0 Å². The van der Waals surface area contributed by atoms with E-state index in [0.29, 0.717) is 32.0 Å². The first-order valence-electron chi connectivity index (χ1n) is 10.7. The van der Waals surface area contributed by atoms with Crippen molar-refractivity contribution in [2.75, 3.05) is 31.6 Å². The largest absolute Gasteiger partial charge is 0.492 e. The summed E-state index contributed by atoms with van der Waals surface area (Å²) in [5.74, 6) is 2.25. The minimum Gasteiger partial charge on any atom is -0.492 e. The number of para-hydroxylation sites is 1. The fourth-order valence-electron chi connectivity index (χ4n) is 3.50. The number of benzene rings is 2. The van der Waals surface area contributed by atoms with E-state index >= 15 is 0 Å². The van der Waals surface area contributed by atoms with E-state index in [1.54, 1.807) is 0 Å². The van der Waals surface area contributed by atoms with Gasteiger partial charge in [-0.1, -0.05) is 44.2 Å². The second-order valence-electron chi connectivity index (χ2n) is 7.76. The zero-order valence-corrected chi connectivity index (χ0v) is 20.8. The predicted octanol–water partition coefficient (Wildman–Crippen LogP) is 4.49. The molecule has 7 heteroatoms. The van der Waals surface area contributed by atoms with Gasteiger partial charge in [0.05, 0.1) is 13.1 Å². The van der Waals surface area contributed by atoms with E-state index in [1.165, 1.54) is 5.56 Å². The van der Waals surface area contributed by atoms with Crippen LogP contribution in [0.15, 0.2) is 53.5 Å². The van der Waals surface area contributed by atoms with Crippen LogP contribution >= 0.6 is 24.0 Å². The van der Waals surface area contributed by atoms with E-state index in [2.05, 4.69) is 48.0 Å². The van der Waals surface area contributed by atoms with Crippen molar-refractivity contribution >= 4 is 41.5 Å². The average molecular weight is 536 g/mol. The van der Waals surface area contributed by atoms with Gasteiger partial charge in [0.2, 0.25) is 5.91 Å². The van der Waals surface area contributed by atoms with Crippen LogP contribution < -0.4 is 20.7 Å². The van der Waals surface area contributed by atoms with E-state index in [-0.39, 0.29) is 35.8 Å². The molecule has 3 N–H and O–H groups in total. The second-order valence-corrected chi connectivity index (χ2v) is 7.76. The lowest BCUT2D eigenvalue weighted by Crippen LogP contribution is -2.39. The molecule has 3 rings (SSSR count). The third kappa shape index (κ3) is 7.41. The number of ether oxygens (including phenoxy) is 1. The van der Waals surface area contributed by atoms with Gasteiger partial charge in [-0.05, 0) is 42.2 Å². The molecule has 1 unspecified atom stereocenters. The van der Waals surface area contributed by atoms with Crippen molar-refractivity contribution in [1.82, 2.24) is 10.6 Å². The molecular formula is C24H33IN4O2. The van der Waals surface area contributed by atoms with Crippen molar-refractivity contribution in [3.8, 4) is 5.75 Å². The van der Waals surface area contributed by atoms with E-state index in [1.807, 2.05) is 37.3 Å². The van der Waals surface area contributed by atoms with Gasteiger partial charge in [-0.3, -0.25) is 9.79 Å². The maximum atomic E-state index is 12.0. The average Bonchev–Trinajstić information content (AvgIpc) is 2.75. The molecule has 0 bridgehead atoms. The fourth-order valence-corrected chi connectivity index (χ4v) is 3.50. The predicted molar refractivity (Wildman–Crippen MR) is 138 cm³/mol. The van der Waals surface area contributed by atoms with E-state index < -0.39 is 0 Å². The van der Waals surface area contributed by atoms with Crippen LogP contribution in [-0.2, 0) is 4.79 Å². The van der Waals surface area contributed by atoms with Crippen molar-refractivity contribution < 1.29 is 9.53 Å². The Hall–Kier alpha value is -2.29. The normalized spacial score (nSPS) is 15.5. The number of guanidine groups is 1. The molecule has 6 nitrogen and oxygen atoms in total. The van der Waals surface area contributed by atoms with Crippen molar-refractivity contribution in [1.29, 1.82) is 0 Å². The Labute approximate surface area is 202 Å². The van der Waals surface area contributed by atoms with Gasteiger partial charge in [0.25, 0.3) is 0 Å². The number of hydrogen-bond donors (Lipinski definition) is 3. The van der Waals surface area contributed by atoms with Crippen LogP contribution in [0.3, 0.4) is 0 Å². The Bertz CT molecular complexity index is 868. The maximum Gasteiger partial charge on any atom is 0.225 e. The SMILES string of the molecule is CCNC(=NCC1CC(=O)Nc2ccccc21)NCCOc1ccc(C(C)C)cc1.I. The van der Waals surface area contributed by atoms with Gasteiger partial charge in [-0.2, -0.15) is 0 Å². The number of amides is 1. The fraction of sp³-hybridized carbons (Fsp3) is 0.417. The summed E-state index contributed by atoms with van der Waals surface area (Å²) in [4.78, 5) is 16.7. The molecule has 0 spiro atoms. The molecule has 0 aliphatic carbocycles. The number of rotatable bonds is 8. The lowest BCUT2D eigenvalue weighted by atomic mass is 9.91. The van der Waals surface area contributed by atoms with Crippen molar-refractivity contribution in [2.24, 2.45) is 4.99 Å². The molecule has 0 radical (unpaired) electrons. The van der Waals surface area contributed by atoms with Gasteiger partial charge in [0.15, 0.2) is 5.96 Å². The molecule has 1 amide bonds. The number of carbonyl (C=O) groups is 1. The number of anilines is 1. The van der Waals surface area contributed by atoms with Crippen LogP contribution in [0.4, 0.5) is 5.69 Å². The Morgan fingerprint density at radius 3 is 2.61 bits per heavy atom. The summed E-state index contributed by atoms with van der Waals surface area (Å²) in [7, 11) is 0. The lowest BCUT2D eigenvalue weighted by molar-refractivity contribution is -0.116. The highest BCUT2D eigenvalue weighted by atomic mass is 127. The van der Waals surface area contributed by atoms with Crippen LogP contribution in [0, 0.1) is 0 Å². The minimum atomic E-state index is 0. The standard InChI is InChI=1S/C24H32N4O2.HI/c1-4-25-24(26-13-14-30-20-11-9-18(10-12-20)17(2)3)27-16-19-15-23(29)28-22-8-6-5-7-21(19)22;/h5-12,17,19H,4,13-16H2,1-3H3,(H,28,29)(H2,25,26,27);1H. The van der Waals surface area contributed by atoms with Crippen LogP contribution in [-0.4, -0.2) is 38.1 Å². The van der Waals surface area contributed by atoms with Crippen LogP contribution in [0.5, 0.6) is 5.75 Å². The zero-order valence-electron chi connectivity index (χ0n) is 18.5. The summed E-state index contributed by atoms with van der Waals surface area (Å²) < 4.78 is 5.83. The quantitative estimate of drug-likeness (QED) is 0.201. The maximum absolute atomic E-state index is 12.0. The highest BCUT2D eigenvalue weighted by Gasteiger charge is 2.24. The third-order valence-corrected chi connectivity index (χ3v) is 5.13. The van der Waals surface area contributed by atoms with Crippen LogP contribution in [0.25, 0.3) is 0 Å². The Morgan fingerprint density at radius 2 is 1.90 bits per heavy atom. The smallest absolute Gasteiger partial charge is 0.225 e. The first-order chi connectivity index (χ1) is 14.6. The van der Waals surface area contributed by atoms with E-state index in [9.17, 15) is 4.79 Å². The van der Waals surface area contributed by atoms with Crippen molar-refractivity contribution in [2.45, 2.75) is 39.0 Å². The van der Waals surface area contributed by atoms with Crippen LogP contribution in [0.1, 0.15) is 50.2 Å². The monoisotopic (exact) mass is 536 g/mol. The van der Waals surface area contributed by atoms with Crippen molar-refractivity contribution in [3.05, 3.63) is 59.7 Å². The number of halogens is 1. The number of aliphatic imine (C=N–C) groups is 1. The third-order valence-electron chi connectivity index (χ3n) is 5.13. The summed E-state index contributed by atoms with van der Waals surface area (Å²) >= 11 is 0. The summed E-state index contributed by atoms with van der Waals surface area (Å²) in [6.07, 6.45) is 0.454. The molecule has 2 aromatic carbocycles. The Balaban J connectivity index is 0.00000341. The number of fused-ring (bicyclic) bond motifs is 1.